The zero-order valence-electron chi connectivity index (χ0n) is 12.8. The van der Waals surface area contributed by atoms with E-state index in [9.17, 15) is 9.90 Å². The maximum atomic E-state index is 12.4. The minimum Gasteiger partial charge on any atom is -0.395 e. The molecule has 21 heavy (non-hydrogen) atoms. The van der Waals surface area contributed by atoms with E-state index in [0.717, 1.165) is 31.4 Å². The molecule has 0 aliphatic carbocycles. The summed E-state index contributed by atoms with van der Waals surface area (Å²) in [6.45, 7) is 3.71. The molecule has 116 valence electrons. The average molecular weight is 291 g/mol. The molecule has 0 unspecified atom stereocenters. The monoisotopic (exact) mass is 291 g/mol. The van der Waals surface area contributed by atoms with E-state index in [1.165, 1.54) is 5.56 Å². The molecule has 1 aliphatic rings. The number of aryl methyl sites for hydroxylation is 1. The molecule has 0 saturated carbocycles. The Labute approximate surface area is 126 Å². The van der Waals surface area contributed by atoms with Crippen LogP contribution < -0.4 is 0 Å². The molecule has 0 aromatic heterocycles. The molecule has 4 nitrogen and oxygen atoms in total. The number of amides is 1. The fourth-order valence-corrected chi connectivity index (χ4v) is 2.62. The number of benzene rings is 1. The van der Waals surface area contributed by atoms with Gasteiger partial charge in [-0.05, 0) is 31.7 Å². The summed E-state index contributed by atoms with van der Waals surface area (Å²) in [6.07, 6.45) is 3.66. The Morgan fingerprint density at radius 3 is 2.71 bits per heavy atom. The molecule has 1 aromatic carbocycles. The van der Waals surface area contributed by atoms with Gasteiger partial charge in [0, 0.05) is 19.7 Å². The molecule has 0 radical (unpaired) electrons. The molecule has 1 heterocycles. The van der Waals surface area contributed by atoms with Gasteiger partial charge >= 0.3 is 0 Å². The van der Waals surface area contributed by atoms with Crippen LogP contribution in [0.5, 0.6) is 0 Å². The maximum absolute atomic E-state index is 12.4. The highest BCUT2D eigenvalue weighted by atomic mass is 16.5. The predicted octanol–water partition coefficient (Wildman–Crippen LogP) is 2.28. The van der Waals surface area contributed by atoms with Gasteiger partial charge in [0.1, 0.15) is 0 Å². The number of nitrogens with zero attached hydrogens (tertiary/aromatic N) is 1. The second-order valence-electron chi connectivity index (χ2n) is 5.72. The fourth-order valence-electron chi connectivity index (χ4n) is 2.62. The zero-order chi connectivity index (χ0) is 15.1. The molecule has 0 spiro atoms. The smallest absolute Gasteiger partial charge is 0.225 e. The van der Waals surface area contributed by atoms with Crippen LogP contribution in [0.4, 0.5) is 0 Å². The topological polar surface area (TPSA) is 49.8 Å². The van der Waals surface area contributed by atoms with Crippen LogP contribution in [-0.4, -0.2) is 41.8 Å². The minimum absolute atomic E-state index is 0.0108. The molecule has 1 saturated heterocycles. The molecule has 1 fully saturated rings. The molecule has 2 rings (SSSR count). The Balaban J connectivity index is 1.93. The van der Waals surface area contributed by atoms with Crippen LogP contribution in [0.15, 0.2) is 24.3 Å². The summed E-state index contributed by atoms with van der Waals surface area (Å²) in [5.41, 5.74) is 2.29. The summed E-state index contributed by atoms with van der Waals surface area (Å²) in [5, 5.41) is 9.19. The standard InChI is InChI=1S/C17H25NO3/c1-14-5-7-15(8-6-14)13-18(9-10-19)17(20)12-16-4-2-3-11-21-16/h5-8,16,19H,2-4,9-13H2,1H3/t16-/m0/s1. The SMILES string of the molecule is Cc1ccc(CN(CCO)C(=O)C[C@@H]2CCCCO2)cc1. The number of aliphatic hydroxyl groups is 1. The Bertz CT molecular complexity index is 438. The number of aliphatic hydroxyl groups excluding tert-OH is 1. The van der Waals surface area contributed by atoms with Gasteiger partial charge in [-0.1, -0.05) is 29.8 Å². The Hall–Kier alpha value is -1.39. The van der Waals surface area contributed by atoms with Gasteiger partial charge in [-0.2, -0.15) is 0 Å². The summed E-state index contributed by atoms with van der Waals surface area (Å²) in [5.74, 6) is 0.0662. The summed E-state index contributed by atoms with van der Waals surface area (Å²) >= 11 is 0. The van der Waals surface area contributed by atoms with E-state index < -0.39 is 0 Å². The van der Waals surface area contributed by atoms with Crippen LogP contribution in [-0.2, 0) is 16.1 Å². The fraction of sp³-hybridized carbons (Fsp3) is 0.588. The van der Waals surface area contributed by atoms with Gasteiger partial charge in [0.15, 0.2) is 0 Å². The minimum atomic E-state index is -0.0108. The lowest BCUT2D eigenvalue weighted by molar-refractivity contribution is -0.136. The van der Waals surface area contributed by atoms with Gasteiger partial charge < -0.3 is 14.7 Å². The Kier molecular flexibility index (Phi) is 6.21. The van der Waals surface area contributed by atoms with Gasteiger partial charge in [-0.3, -0.25) is 4.79 Å². The van der Waals surface area contributed by atoms with Crippen molar-refractivity contribution in [3.8, 4) is 0 Å². The molecular formula is C17H25NO3. The normalized spacial score (nSPS) is 18.5. The highest BCUT2D eigenvalue weighted by Gasteiger charge is 2.21. The van der Waals surface area contributed by atoms with Crippen molar-refractivity contribution < 1.29 is 14.6 Å². The van der Waals surface area contributed by atoms with Crippen molar-refractivity contribution in [3.05, 3.63) is 35.4 Å². The molecule has 1 aromatic rings. The lowest BCUT2D eigenvalue weighted by Crippen LogP contribution is -2.36. The molecule has 1 N–H and O–H groups in total. The Morgan fingerprint density at radius 1 is 1.33 bits per heavy atom. The van der Waals surface area contributed by atoms with Crippen molar-refractivity contribution in [3.63, 3.8) is 0 Å². The van der Waals surface area contributed by atoms with Crippen LogP contribution >= 0.6 is 0 Å². The second kappa shape index (κ2) is 8.15. The molecular weight excluding hydrogens is 266 g/mol. The highest BCUT2D eigenvalue weighted by Crippen LogP contribution is 2.17. The van der Waals surface area contributed by atoms with Crippen LogP contribution in [0.25, 0.3) is 0 Å². The number of ether oxygens (including phenoxy) is 1. The summed E-state index contributed by atoms with van der Waals surface area (Å²) in [7, 11) is 0. The van der Waals surface area contributed by atoms with E-state index in [4.69, 9.17) is 4.74 Å². The van der Waals surface area contributed by atoms with Crippen LogP contribution in [0.3, 0.4) is 0 Å². The van der Waals surface area contributed by atoms with Crippen molar-refractivity contribution in [2.45, 2.75) is 45.3 Å². The summed E-state index contributed by atoms with van der Waals surface area (Å²) in [4.78, 5) is 14.1. The van der Waals surface area contributed by atoms with Gasteiger partial charge in [0.05, 0.1) is 19.1 Å². The van der Waals surface area contributed by atoms with E-state index in [-0.39, 0.29) is 18.6 Å². The Morgan fingerprint density at radius 2 is 2.10 bits per heavy atom. The lowest BCUT2D eigenvalue weighted by atomic mass is 10.1. The van der Waals surface area contributed by atoms with Gasteiger partial charge in [-0.15, -0.1) is 0 Å². The first-order valence-corrected chi connectivity index (χ1v) is 7.75. The average Bonchev–Trinajstić information content (AvgIpc) is 2.50. The third-order valence-corrected chi connectivity index (χ3v) is 3.89. The molecule has 1 aliphatic heterocycles. The summed E-state index contributed by atoms with van der Waals surface area (Å²) in [6, 6.07) is 8.15. The zero-order valence-corrected chi connectivity index (χ0v) is 12.8. The quantitative estimate of drug-likeness (QED) is 0.875. The second-order valence-corrected chi connectivity index (χ2v) is 5.72. The number of rotatable bonds is 6. The highest BCUT2D eigenvalue weighted by molar-refractivity contribution is 5.76. The first kappa shape index (κ1) is 16.0. The molecule has 4 heteroatoms. The van der Waals surface area contributed by atoms with Crippen molar-refractivity contribution in [2.75, 3.05) is 19.8 Å². The maximum Gasteiger partial charge on any atom is 0.225 e. The molecule has 1 amide bonds. The van der Waals surface area contributed by atoms with Gasteiger partial charge in [0.2, 0.25) is 5.91 Å². The van der Waals surface area contributed by atoms with Crippen molar-refractivity contribution in [1.29, 1.82) is 0 Å². The third-order valence-electron chi connectivity index (χ3n) is 3.89. The van der Waals surface area contributed by atoms with Crippen LogP contribution in [0.1, 0.15) is 36.8 Å². The first-order chi connectivity index (χ1) is 10.2. The van der Waals surface area contributed by atoms with Gasteiger partial charge in [-0.25, -0.2) is 0 Å². The number of hydrogen-bond acceptors (Lipinski definition) is 3. The summed E-state index contributed by atoms with van der Waals surface area (Å²) < 4.78 is 5.63. The van der Waals surface area contributed by atoms with Crippen molar-refractivity contribution in [2.24, 2.45) is 0 Å². The first-order valence-electron chi connectivity index (χ1n) is 7.75. The van der Waals surface area contributed by atoms with Gasteiger partial charge in [0.25, 0.3) is 0 Å². The lowest BCUT2D eigenvalue weighted by Gasteiger charge is -2.27. The van der Waals surface area contributed by atoms with E-state index in [2.05, 4.69) is 0 Å². The number of carbonyl (C=O) groups excluding carboxylic acids is 1. The van der Waals surface area contributed by atoms with Crippen molar-refractivity contribution in [1.82, 2.24) is 4.90 Å². The number of carbonyl (C=O) groups is 1. The predicted molar refractivity (Wildman–Crippen MR) is 81.9 cm³/mol. The molecule has 1 atom stereocenters. The van der Waals surface area contributed by atoms with Crippen LogP contribution in [0.2, 0.25) is 0 Å². The number of hydrogen-bond donors (Lipinski definition) is 1. The van der Waals surface area contributed by atoms with Crippen LogP contribution in [0, 0.1) is 6.92 Å². The van der Waals surface area contributed by atoms with Crippen molar-refractivity contribution >= 4 is 5.91 Å². The third kappa shape index (κ3) is 5.14. The van der Waals surface area contributed by atoms with E-state index in [1.807, 2.05) is 31.2 Å². The van der Waals surface area contributed by atoms with E-state index in [1.54, 1.807) is 4.90 Å². The largest absolute Gasteiger partial charge is 0.395 e. The molecule has 0 bridgehead atoms. The van der Waals surface area contributed by atoms with E-state index >= 15 is 0 Å². The van der Waals surface area contributed by atoms with E-state index in [0.29, 0.717) is 19.5 Å².